The van der Waals surface area contributed by atoms with Gasteiger partial charge in [0.05, 0.1) is 11.3 Å². The molecule has 1 saturated heterocycles. The van der Waals surface area contributed by atoms with E-state index in [1.807, 2.05) is 13.8 Å². The third-order valence-electron chi connectivity index (χ3n) is 6.15. The number of nitrogens with one attached hydrogen (secondary N) is 1. The Labute approximate surface area is 185 Å². The summed E-state index contributed by atoms with van der Waals surface area (Å²) in [6, 6.07) is 4.48. The molecule has 0 atom stereocenters. The lowest BCUT2D eigenvalue weighted by molar-refractivity contribution is -0.134. The average Bonchev–Trinajstić information content (AvgIpc) is 3.64. The van der Waals surface area contributed by atoms with Gasteiger partial charge in [0.15, 0.2) is 0 Å². The molecule has 2 amide bonds. The fourth-order valence-electron chi connectivity index (χ4n) is 4.06. The summed E-state index contributed by atoms with van der Waals surface area (Å²) in [5.41, 5.74) is 2.43. The molecule has 32 heavy (non-hydrogen) atoms. The third kappa shape index (κ3) is 4.49. The van der Waals surface area contributed by atoms with E-state index in [0.29, 0.717) is 43.9 Å². The predicted octanol–water partition coefficient (Wildman–Crippen LogP) is 2.54. The van der Waals surface area contributed by atoms with Crippen LogP contribution in [0, 0.1) is 18.7 Å². The predicted molar refractivity (Wildman–Crippen MR) is 119 cm³/mol. The van der Waals surface area contributed by atoms with Crippen LogP contribution >= 0.6 is 0 Å². The first-order chi connectivity index (χ1) is 15.4. The number of hydrogen-bond acceptors (Lipinski definition) is 4. The number of piperazine rings is 1. The molecule has 4 rings (SSSR count). The first-order valence-corrected chi connectivity index (χ1v) is 11.0. The molecule has 1 N–H and O–H groups in total. The minimum Gasteiger partial charge on any atom is -0.339 e. The SMILES string of the molecule is C/C=C\c1c(C)c(Cc2ccc(F)c(C(=O)N3CCN(C(=O)C4CC4)CC3)c2)n[nH]c1=O. The first-order valence-electron chi connectivity index (χ1n) is 11.0. The van der Waals surface area contributed by atoms with E-state index < -0.39 is 5.82 Å². The Morgan fingerprint density at radius 2 is 1.88 bits per heavy atom. The molecule has 8 heteroatoms. The van der Waals surface area contributed by atoms with Crippen LogP contribution in [0.25, 0.3) is 6.08 Å². The van der Waals surface area contributed by atoms with Gasteiger partial charge in [-0.15, -0.1) is 0 Å². The summed E-state index contributed by atoms with van der Waals surface area (Å²) in [6.07, 6.45) is 5.78. The van der Waals surface area contributed by atoms with Crippen molar-refractivity contribution in [2.75, 3.05) is 26.2 Å². The summed E-state index contributed by atoms with van der Waals surface area (Å²) in [4.78, 5) is 40.7. The second-order valence-corrected chi connectivity index (χ2v) is 8.42. The Balaban J connectivity index is 1.50. The molecule has 0 spiro atoms. The van der Waals surface area contributed by atoms with Crippen LogP contribution in [0.5, 0.6) is 0 Å². The van der Waals surface area contributed by atoms with Gasteiger partial charge in [-0.1, -0.05) is 18.2 Å². The number of amides is 2. The van der Waals surface area contributed by atoms with Gasteiger partial charge in [-0.3, -0.25) is 14.4 Å². The number of nitrogens with zero attached hydrogens (tertiary/aromatic N) is 3. The van der Waals surface area contributed by atoms with Crippen molar-refractivity contribution in [1.82, 2.24) is 20.0 Å². The molecule has 2 heterocycles. The summed E-state index contributed by atoms with van der Waals surface area (Å²) in [7, 11) is 0. The molecule has 1 saturated carbocycles. The van der Waals surface area contributed by atoms with Crippen molar-refractivity contribution in [1.29, 1.82) is 0 Å². The Bertz CT molecular complexity index is 1130. The number of hydrogen-bond donors (Lipinski definition) is 1. The van der Waals surface area contributed by atoms with E-state index in [-0.39, 0.29) is 28.9 Å². The highest BCUT2D eigenvalue weighted by atomic mass is 19.1. The summed E-state index contributed by atoms with van der Waals surface area (Å²) >= 11 is 0. The maximum absolute atomic E-state index is 14.5. The first kappa shape index (κ1) is 21.9. The Morgan fingerprint density at radius 1 is 1.19 bits per heavy atom. The van der Waals surface area contributed by atoms with Crippen LogP contribution in [0.4, 0.5) is 4.39 Å². The number of benzene rings is 1. The smallest absolute Gasteiger partial charge is 0.271 e. The van der Waals surface area contributed by atoms with Crippen molar-refractivity contribution in [2.24, 2.45) is 5.92 Å². The standard InChI is InChI=1S/C24H27FN4O3/c1-3-4-18-15(2)21(26-27-22(18)30)14-16-5-8-20(25)19(13-16)24(32)29-11-9-28(10-12-29)23(31)17-6-7-17/h3-5,8,13,17H,6-7,9-12,14H2,1-2H3,(H,27,30)/b4-3-. The highest BCUT2D eigenvalue weighted by Crippen LogP contribution is 2.31. The molecule has 168 valence electrons. The van der Waals surface area contributed by atoms with Crippen LogP contribution in [0.2, 0.25) is 0 Å². The van der Waals surface area contributed by atoms with Crippen molar-refractivity contribution in [2.45, 2.75) is 33.1 Å². The molecular formula is C24H27FN4O3. The number of allylic oxidation sites excluding steroid dienone is 1. The van der Waals surface area contributed by atoms with Crippen molar-refractivity contribution in [3.8, 4) is 0 Å². The fraction of sp³-hybridized carbons (Fsp3) is 0.417. The zero-order valence-electron chi connectivity index (χ0n) is 18.4. The maximum Gasteiger partial charge on any atom is 0.271 e. The maximum atomic E-state index is 14.5. The quantitative estimate of drug-likeness (QED) is 0.777. The van der Waals surface area contributed by atoms with Crippen molar-refractivity contribution < 1.29 is 14.0 Å². The molecule has 0 bridgehead atoms. The molecule has 2 aromatic rings. The largest absolute Gasteiger partial charge is 0.339 e. The fourth-order valence-corrected chi connectivity index (χ4v) is 4.06. The lowest BCUT2D eigenvalue weighted by Gasteiger charge is -2.35. The van der Waals surface area contributed by atoms with Gasteiger partial charge in [-0.2, -0.15) is 5.10 Å². The van der Waals surface area contributed by atoms with Crippen LogP contribution in [0.3, 0.4) is 0 Å². The molecule has 1 aliphatic heterocycles. The van der Waals surface area contributed by atoms with Gasteiger partial charge in [-0.05, 0) is 49.9 Å². The van der Waals surface area contributed by atoms with Crippen molar-refractivity contribution in [3.63, 3.8) is 0 Å². The van der Waals surface area contributed by atoms with Gasteiger partial charge >= 0.3 is 0 Å². The lowest BCUT2D eigenvalue weighted by atomic mass is 10.0. The number of carbonyl (C=O) groups is 2. The highest BCUT2D eigenvalue weighted by molar-refractivity contribution is 5.95. The lowest BCUT2D eigenvalue weighted by Crippen LogP contribution is -2.51. The second kappa shape index (κ2) is 9.06. The zero-order valence-corrected chi connectivity index (χ0v) is 18.4. The van der Waals surface area contributed by atoms with Crippen LogP contribution < -0.4 is 5.56 Å². The number of carbonyl (C=O) groups excluding carboxylic acids is 2. The Hall–Kier alpha value is -3.29. The number of H-pyrrole nitrogens is 1. The molecular weight excluding hydrogens is 411 g/mol. The van der Waals surface area contributed by atoms with E-state index in [4.69, 9.17) is 0 Å². The summed E-state index contributed by atoms with van der Waals surface area (Å²) < 4.78 is 14.5. The average molecular weight is 439 g/mol. The third-order valence-corrected chi connectivity index (χ3v) is 6.15. The van der Waals surface area contributed by atoms with Crippen molar-refractivity contribution >= 4 is 17.9 Å². The van der Waals surface area contributed by atoms with E-state index in [1.165, 1.54) is 6.07 Å². The number of rotatable bonds is 5. The van der Waals surface area contributed by atoms with Gasteiger partial charge in [0.2, 0.25) is 5.91 Å². The minimum absolute atomic E-state index is 0.0141. The van der Waals surface area contributed by atoms with Crippen LogP contribution in [0.15, 0.2) is 29.1 Å². The molecule has 7 nitrogen and oxygen atoms in total. The molecule has 1 aliphatic carbocycles. The van der Waals surface area contributed by atoms with E-state index >= 15 is 0 Å². The van der Waals surface area contributed by atoms with Gasteiger partial charge in [0, 0.05) is 44.1 Å². The summed E-state index contributed by atoms with van der Waals surface area (Å²) in [5, 5.41) is 6.65. The molecule has 1 aromatic heterocycles. The van der Waals surface area contributed by atoms with E-state index in [0.717, 1.165) is 24.0 Å². The molecule has 0 unspecified atom stereocenters. The highest BCUT2D eigenvalue weighted by Gasteiger charge is 2.35. The van der Waals surface area contributed by atoms with E-state index in [2.05, 4.69) is 10.2 Å². The molecule has 0 radical (unpaired) electrons. The normalized spacial score (nSPS) is 16.6. The number of halogens is 1. The summed E-state index contributed by atoms with van der Waals surface area (Å²) in [5.74, 6) is -0.615. The van der Waals surface area contributed by atoms with Crippen LogP contribution in [0.1, 0.15) is 52.5 Å². The topological polar surface area (TPSA) is 86.4 Å². The molecule has 2 aliphatic rings. The van der Waals surface area contributed by atoms with Crippen LogP contribution in [-0.4, -0.2) is 58.0 Å². The summed E-state index contributed by atoms with van der Waals surface area (Å²) in [6.45, 7) is 5.42. The van der Waals surface area contributed by atoms with Crippen molar-refractivity contribution in [3.05, 3.63) is 68.4 Å². The molecule has 2 fully saturated rings. The second-order valence-electron chi connectivity index (χ2n) is 8.42. The Morgan fingerprint density at radius 3 is 2.53 bits per heavy atom. The number of aromatic amines is 1. The van der Waals surface area contributed by atoms with E-state index in [1.54, 1.807) is 34.1 Å². The van der Waals surface area contributed by atoms with E-state index in [9.17, 15) is 18.8 Å². The van der Waals surface area contributed by atoms with Gasteiger partial charge in [-0.25, -0.2) is 9.49 Å². The van der Waals surface area contributed by atoms with Crippen LogP contribution in [-0.2, 0) is 11.2 Å². The molecule has 1 aromatic carbocycles. The van der Waals surface area contributed by atoms with Gasteiger partial charge in [0.1, 0.15) is 5.82 Å². The Kier molecular flexibility index (Phi) is 6.21. The monoisotopic (exact) mass is 438 g/mol. The minimum atomic E-state index is -0.573. The zero-order chi connectivity index (χ0) is 22.8. The van der Waals surface area contributed by atoms with Gasteiger partial charge in [0.25, 0.3) is 11.5 Å². The van der Waals surface area contributed by atoms with Gasteiger partial charge < -0.3 is 9.80 Å². The number of aromatic nitrogens is 2.